The lowest BCUT2D eigenvalue weighted by Crippen LogP contribution is -2.15. The molecule has 1 N–H and O–H groups in total. The standard InChI is InChI=1S/C15H8F6N2O/c16-9-2-1-7(3-6(9)4-22)23-5-8(15(19,20)21)10-13(23)11(17)12(18)14(10)24/h1-3,5,11-12,14,24H/t11-,12+,14-/m0/s1. The third-order valence-corrected chi connectivity index (χ3v) is 3.88. The van der Waals surface area contributed by atoms with Gasteiger partial charge in [-0.15, -0.1) is 0 Å². The van der Waals surface area contributed by atoms with Gasteiger partial charge in [0.25, 0.3) is 0 Å². The highest BCUT2D eigenvalue weighted by atomic mass is 19.4. The normalized spacial score (nSPS) is 23.2. The summed E-state index contributed by atoms with van der Waals surface area (Å²) in [7, 11) is 0. The second kappa shape index (κ2) is 5.27. The summed E-state index contributed by atoms with van der Waals surface area (Å²) in [6.45, 7) is 0. The molecule has 24 heavy (non-hydrogen) atoms. The molecule has 3 rings (SSSR count). The number of aliphatic hydroxyl groups excluding tert-OH is 1. The molecule has 0 saturated heterocycles. The first-order valence-electron chi connectivity index (χ1n) is 6.65. The van der Waals surface area contributed by atoms with Crippen LogP contribution in [-0.4, -0.2) is 15.8 Å². The van der Waals surface area contributed by atoms with E-state index in [0.717, 1.165) is 18.2 Å². The maximum atomic E-state index is 14.1. The fraction of sp³-hybridized carbons (Fsp3) is 0.267. The summed E-state index contributed by atoms with van der Waals surface area (Å²) in [5.74, 6) is -0.902. The summed E-state index contributed by atoms with van der Waals surface area (Å²) >= 11 is 0. The number of rotatable bonds is 1. The van der Waals surface area contributed by atoms with Crippen molar-refractivity contribution in [1.29, 1.82) is 5.26 Å². The van der Waals surface area contributed by atoms with Crippen LogP contribution in [0.3, 0.4) is 0 Å². The molecule has 0 amide bonds. The summed E-state index contributed by atoms with van der Waals surface area (Å²) in [5.41, 5.74) is -3.57. The number of aliphatic hydroxyl groups is 1. The molecule has 9 heteroatoms. The third kappa shape index (κ3) is 2.26. The summed E-state index contributed by atoms with van der Waals surface area (Å²) in [6.07, 6.45) is -11.7. The van der Waals surface area contributed by atoms with Crippen molar-refractivity contribution >= 4 is 0 Å². The fourth-order valence-electron chi connectivity index (χ4n) is 2.79. The second-order valence-electron chi connectivity index (χ2n) is 5.28. The van der Waals surface area contributed by atoms with E-state index >= 15 is 0 Å². The van der Waals surface area contributed by atoms with E-state index in [2.05, 4.69) is 0 Å². The highest BCUT2D eigenvalue weighted by molar-refractivity contribution is 5.51. The molecule has 0 radical (unpaired) electrons. The van der Waals surface area contributed by atoms with Crippen LogP contribution in [0.25, 0.3) is 5.69 Å². The minimum atomic E-state index is -4.95. The number of halogens is 6. The Balaban J connectivity index is 2.28. The van der Waals surface area contributed by atoms with Crippen molar-refractivity contribution < 1.29 is 31.4 Å². The zero-order valence-electron chi connectivity index (χ0n) is 11.7. The first-order chi connectivity index (χ1) is 11.2. The minimum absolute atomic E-state index is 0.149. The molecule has 0 bridgehead atoms. The van der Waals surface area contributed by atoms with Gasteiger partial charge >= 0.3 is 6.18 Å². The summed E-state index contributed by atoms with van der Waals surface area (Å²) < 4.78 is 81.2. The van der Waals surface area contributed by atoms with E-state index in [0.29, 0.717) is 10.8 Å². The number of fused-ring (bicyclic) bond motifs is 1. The number of nitrogens with zero attached hydrogens (tertiary/aromatic N) is 2. The molecule has 0 fully saturated rings. The number of hydrogen-bond acceptors (Lipinski definition) is 2. The van der Waals surface area contributed by atoms with Gasteiger partial charge in [0.05, 0.1) is 16.8 Å². The number of hydrogen-bond donors (Lipinski definition) is 1. The fourth-order valence-corrected chi connectivity index (χ4v) is 2.79. The molecule has 0 saturated carbocycles. The lowest BCUT2D eigenvalue weighted by Gasteiger charge is -2.13. The van der Waals surface area contributed by atoms with Gasteiger partial charge in [-0.25, -0.2) is 13.2 Å². The molecule has 0 aliphatic heterocycles. The largest absolute Gasteiger partial charge is 0.418 e. The second-order valence-corrected chi connectivity index (χ2v) is 5.28. The molecule has 1 aromatic heterocycles. The number of benzene rings is 1. The Morgan fingerprint density at radius 2 is 1.88 bits per heavy atom. The van der Waals surface area contributed by atoms with Gasteiger partial charge in [-0.1, -0.05) is 0 Å². The van der Waals surface area contributed by atoms with Crippen LogP contribution in [0.1, 0.15) is 34.7 Å². The van der Waals surface area contributed by atoms with Gasteiger partial charge in [-0.3, -0.25) is 0 Å². The zero-order valence-corrected chi connectivity index (χ0v) is 11.7. The van der Waals surface area contributed by atoms with Crippen LogP contribution in [0.4, 0.5) is 26.3 Å². The molecular formula is C15H8F6N2O. The molecule has 2 aromatic rings. The van der Waals surface area contributed by atoms with Gasteiger partial charge in [0.2, 0.25) is 0 Å². The van der Waals surface area contributed by atoms with E-state index in [9.17, 15) is 31.4 Å². The first kappa shape index (κ1) is 16.4. The van der Waals surface area contributed by atoms with Crippen molar-refractivity contribution in [2.75, 3.05) is 0 Å². The Morgan fingerprint density at radius 3 is 2.46 bits per heavy atom. The van der Waals surface area contributed by atoms with Crippen molar-refractivity contribution in [3.63, 3.8) is 0 Å². The number of nitriles is 1. The van der Waals surface area contributed by atoms with Gasteiger partial charge < -0.3 is 9.67 Å². The molecule has 1 aliphatic carbocycles. The van der Waals surface area contributed by atoms with E-state index in [1.54, 1.807) is 0 Å². The Labute approximate surface area is 131 Å². The van der Waals surface area contributed by atoms with Crippen LogP contribution in [0.15, 0.2) is 24.4 Å². The maximum absolute atomic E-state index is 14.1. The summed E-state index contributed by atoms with van der Waals surface area (Å²) in [6, 6.07) is 4.29. The minimum Gasteiger partial charge on any atom is -0.385 e. The summed E-state index contributed by atoms with van der Waals surface area (Å²) in [5, 5.41) is 18.4. The van der Waals surface area contributed by atoms with Crippen molar-refractivity contribution in [3.8, 4) is 11.8 Å². The van der Waals surface area contributed by atoms with Gasteiger partial charge in [0.1, 0.15) is 18.0 Å². The molecule has 3 nitrogen and oxygen atoms in total. The molecule has 1 heterocycles. The highest BCUT2D eigenvalue weighted by Crippen LogP contribution is 2.50. The van der Waals surface area contributed by atoms with Gasteiger partial charge in [-0.05, 0) is 18.2 Å². The van der Waals surface area contributed by atoms with E-state index in [1.807, 2.05) is 0 Å². The molecular weight excluding hydrogens is 338 g/mol. The number of aromatic nitrogens is 1. The predicted octanol–water partition coefficient (Wildman–Crippen LogP) is 3.90. The van der Waals surface area contributed by atoms with E-state index in [1.165, 1.54) is 6.07 Å². The van der Waals surface area contributed by atoms with Crippen molar-refractivity contribution in [2.24, 2.45) is 0 Å². The van der Waals surface area contributed by atoms with E-state index < -0.39 is 52.8 Å². The maximum Gasteiger partial charge on any atom is 0.418 e. The Bertz CT molecular complexity index is 851. The average Bonchev–Trinajstić information content (AvgIpc) is 3.01. The smallest absolute Gasteiger partial charge is 0.385 e. The molecule has 0 spiro atoms. The van der Waals surface area contributed by atoms with E-state index in [4.69, 9.17) is 5.26 Å². The molecule has 126 valence electrons. The third-order valence-electron chi connectivity index (χ3n) is 3.88. The number of alkyl halides is 5. The topological polar surface area (TPSA) is 49.0 Å². The average molecular weight is 346 g/mol. The molecule has 1 aliphatic rings. The van der Waals surface area contributed by atoms with Gasteiger partial charge in [-0.2, -0.15) is 18.4 Å². The predicted molar refractivity (Wildman–Crippen MR) is 69.1 cm³/mol. The summed E-state index contributed by atoms with van der Waals surface area (Å²) in [4.78, 5) is 0. The molecule has 0 unspecified atom stereocenters. The van der Waals surface area contributed by atoms with Crippen LogP contribution < -0.4 is 0 Å². The quantitative estimate of drug-likeness (QED) is 0.796. The van der Waals surface area contributed by atoms with E-state index in [-0.39, 0.29) is 5.69 Å². The van der Waals surface area contributed by atoms with Crippen molar-refractivity contribution in [3.05, 3.63) is 52.6 Å². The lowest BCUT2D eigenvalue weighted by atomic mass is 10.1. The van der Waals surface area contributed by atoms with Crippen LogP contribution in [0, 0.1) is 17.1 Å². The van der Waals surface area contributed by atoms with Crippen LogP contribution in [-0.2, 0) is 6.18 Å². The Morgan fingerprint density at radius 1 is 1.21 bits per heavy atom. The molecule has 3 atom stereocenters. The SMILES string of the molecule is N#Cc1cc(-n2cc(C(F)(F)F)c3c2[C@@H](F)[C@@H](F)[C@H]3O)ccc1F. The highest BCUT2D eigenvalue weighted by Gasteiger charge is 2.50. The first-order valence-corrected chi connectivity index (χ1v) is 6.65. The Hall–Kier alpha value is -2.47. The van der Waals surface area contributed by atoms with Crippen LogP contribution in [0.2, 0.25) is 0 Å². The molecule has 1 aromatic carbocycles. The van der Waals surface area contributed by atoms with Crippen molar-refractivity contribution in [1.82, 2.24) is 4.57 Å². The van der Waals surface area contributed by atoms with Gasteiger partial charge in [0.15, 0.2) is 12.3 Å². The van der Waals surface area contributed by atoms with Crippen LogP contribution >= 0.6 is 0 Å². The van der Waals surface area contributed by atoms with Crippen LogP contribution in [0.5, 0.6) is 0 Å². The Kier molecular flexibility index (Phi) is 3.60. The zero-order chi connectivity index (χ0) is 17.8. The lowest BCUT2D eigenvalue weighted by molar-refractivity contribution is -0.139. The van der Waals surface area contributed by atoms with Gasteiger partial charge in [0, 0.05) is 17.4 Å². The van der Waals surface area contributed by atoms with Crippen molar-refractivity contribution in [2.45, 2.75) is 24.6 Å². The monoisotopic (exact) mass is 346 g/mol.